The summed E-state index contributed by atoms with van der Waals surface area (Å²) in [4.78, 5) is 0. The summed E-state index contributed by atoms with van der Waals surface area (Å²) in [5, 5.41) is 4.95. The Morgan fingerprint density at radius 2 is 2.12 bits per heavy atom. The molecule has 0 radical (unpaired) electrons. The molecule has 0 aromatic heterocycles. The van der Waals surface area contributed by atoms with E-state index in [0.717, 1.165) is 22.2 Å². The van der Waals surface area contributed by atoms with E-state index in [1.54, 1.807) is 0 Å². The van der Waals surface area contributed by atoms with Crippen LogP contribution in [0.4, 0.5) is 0 Å². The highest BCUT2D eigenvalue weighted by Crippen LogP contribution is 2.20. The number of rotatable bonds is 6. The van der Waals surface area contributed by atoms with Gasteiger partial charge in [-0.1, -0.05) is 23.2 Å². The van der Waals surface area contributed by atoms with Crippen LogP contribution in [0.15, 0.2) is 18.2 Å². The maximum absolute atomic E-state index is 6.08. The van der Waals surface area contributed by atoms with Gasteiger partial charge in [-0.3, -0.25) is 0 Å². The topological polar surface area (TPSA) is 12.0 Å². The summed E-state index contributed by atoms with van der Waals surface area (Å²) in [5.74, 6) is 1.18. The van der Waals surface area contributed by atoms with Crippen LogP contribution in [0.3, 0.4) is 0 Å². The molecule has 90 valence electrons. The average molecular weight is 278 g/mol. The zero-order valence-corrected chi connectivity index (χ0v) is 11.9. The Labute approximate surface area is 112 Å². The van der Waals surface area contributed by atoms with E-state index in [-0.39, 0.29) is 0 Å². The first-order chi connectivity index (χ1) is 7.63. The number of thioether (sulfide) groups is 1. The van der Waals surface area contributed by atoms with Gasteiger partial charge in [0, 0.05) is 22.6 Å². The lowest BCUT2D eigenvalue weighted by molar-refractivity contribution is 0.537. The number of hydrogen-bond donors (Lipinski definition) is 1. The van der Waals surface area contributed by atoms with E-state index in [9.17, 15) is 0 Å². The molecule has 4 heteroatoms. The quantitative estimate of drug-likeness (QED) is 0.836. The van der Waals surface area contributed by atoms with Crippen LogP contribution < -0.4 is 5.32 Å². The van der Waals surface area contributed by atoms with Crippen molar-refractivity contribution >= 4 is 35.0 Å². The maximum Gasteiger partial charge on any atom is 0.0451 e. The second-order valence-corrected chi connectivity index (χ2v) is 5.63. The van der Waals surface area contributed by atoms with Crippen LogP contribution in [0.5, 0.6) is 0 Å². The fourth-order valence-electron chi connectivity index (χ4n) is 1.36. The van der Waals surface area contributed by atoms with E-state index in [2.05, 4.69) is 18.5 Å². The van der Waals surface area contributed by atoms with E-state index in [4.69, 9.17) is 23.2 Å². The van der Waals surface area contributed by atoms with Gasteiger partial charge in [-0.05, 0) is 49.1 Å². The van der Waals surface area contributed by atoms with Crippen molar-refractivity contribution in [3.8, 4) is 0 Å². The summed E-state index contributed by atoms with van der Waals surface area (Å²) in [5.41, 5.74) is 1.06. The Hall–Kier alpha value is 0.110. The summed E-state index contributed by atoms with van der Waals surface area (Å²) in [7, 11) is 0. The Morgan fingerprint density at radius 1 is 1.38 bits per heavy atom. The zero-order chi connectivity index (χ0) is 12.0. The third-order valence-corrected chi connectivity index (χ3v) is 3.65. The van der Waals surface area contributed by atoms with Gasteiger partial charge in [0.25, 0.3) is 0 Å². The van der Waals surface area contributed by atoms with Crippen LogP contribution in [0.1, 0.15) is 18.9 Å². The summed E-state index contributed by atoms with van der Waals surface area (Å²) < 4.78 is 0. The van der Waals surface area contributed by atoms with Crippen molar-refractivity contribution in [2.24, 2.45) is 0 Å². The molecule has 0 saturated carbocycles. The van der Waals surface area contributed by atoms with Crippen molar-refractivity contribution in [1.82, 2.24) is 5.32 Å². The first-order valence-corrected chi connectivity index (χ1v) is 7.44. The molecule has 1 nitrogen and oxygen atoms in total. The molecule has 0 aliphatic rings. The van der Waals surface area contributed by atoms with E-state index >= 15 is 0 Å². The minimum absolute atomic E-state index is 0.502. The van der Waals surface area contributed by atoms with E-state index in [0.29, 0.717) is 6.04 Å². The standard InChI is InChI=1S/C12H17Cl2NS/c1-9(5-6-16-2)15-8-10-7-11(13)3-4-12(10)14/h3-4,7,9,15H,5-6,8H2,1-2H3. The van der Waals surface area contributed by atoms with Crippen LogP contribution in [-0.4, -0.2) is 18.1 Å². The van der Waals surface area contributed by atoms with Crippen LogP contribution in [0.25, 0.3) is 0 Å². The molecule has 1 unspecified atom stereocenters. The fraction of sp³-hybridized carbons (Fsp3) is 0.500. The highest BCUT2D eigenvalue weighted by molar-refractivity contribution is 7.98. The molecule has 0 spiro atoms. The Bertz CT molecular complexity index is 331. The Balaban J connectivity index is 2.44. The summed E-state index contributed by atoms with van der Waals surface area (Å²) in [6.45, 7) is 2.96. The molecule has 0 aliphatic carbocycles. The molecule has 0 fully saturated rings. The first kappa shape index (κ1) is 14.2. The molecule has 0 saturated heterocycles. The van der Waals surface area contributed by atoms with Crippen molar-refractivity contribution in [3.05, 3.63) is 33.8 Å². The Kier molecular flexibility index (Phi) is 6.59. The number of hydrogen-bond acceptors (Lipinski definition) is 2. The van der Waals surface area contributed by atoms with Gasteiger partial charge in [-0.15, -0.1) is 0 Å². The Morgan fingerprint density at radius 3 is 2.81 bits per heavy atom. The lowest BCUT2D eigenvalue weighted by atomic mass is 10.2. The molecule has 1 rings (SSSR count). The van der Waals surface area contributed by atoms with Crippen LogP contribution in [-0.2, 0) is 6.54 Å². The van der Waals surface area contributed by atoms with E-state index in [1.807, 2.05) is 30.0 Å². The van der Waals surface area contributed by atoms with Crippen LogP contribution in [0.2, 0.25) is 10.0 Å². The lowest BCUT2D eigenvalue weighted by Gasteiger charge is -2.14. The van der Waals surface area contributed by atoms with Crippen molar-refractivity contribution in [3.63, 3.8) is 0 Å². The highest BCUT2D eigenvalue weighted by atomic mass is 35.5. The third kappa shape index (κ3) is 4.96. The van der Waals surface area contributed by atoms with Gasteiger partial charge >= 0.3 is 0 Å². The molecular weight excluding hydrogens is 261 g/mol. The molecular formula is C12H17Cl2NS. The number of benzene rings is 1. The van der Waals surface area contributed by atoms with Gasteiger partial charge in [-0.2, -0.15) is 11.8 Å². The molecule has 16 heavy (non-hydrogen) atoms. The van der Waals surface area contributed by atoms with Crippen molar-refractivity contribution in [1.29, 1.82) is 0 Å². The van der Waals surface area contributed by atoms with Gasteiger partial charge < -0.3 is 5.32 Å². The van der Waals surface area contributed by atoms with E-state index < -0.39 is 0 Å². The molecule has 1 N–H and O–H groups in total. The summed E-state index contributed by atoms with van der Waals surface area (Å²) in [6.07, 6.45) is 3.29. The second kappa shape index (κ2) is 7.44. The van der Waals surface area contributed by atoms with Gasteiger partial charge in [0.1, 0.15) is 0 Å². The molecule has 0 bridgehead atoms. The van der Waals surface area contributed by atoms with Gasteiger partial charge in [0.2, 0.25) is 0 Å². The van der Waals surface area contributed by atoms with Crippen LogP contribution >= 0.6 is 35.0 Å². The molecule has 0 amide bonds. The number of nitrogens with one attached hydrogen (secondary N) is 1. The lowest BCUT2D eigenvalue weighted by Crippen LogP contribution is -2.26. The predicted octanol–water partition coefficient (Wildman–Crippen LogP) is 4.22. The maximum atomic E-state index is 6.08. The third-order valence-electron chi connectivity index (χ3n) is 2.40. The molecule has 0 aliphatic heterocycles. The van der Waals surface area contributed by atoms with Gasteiger partial charge in [0.15, 0.2) is 0 Å². The minimum atomic E-state index is 0.502. The second-order valence-electron chi connectivity index (χ2n) is 3.80. The molecule has 1 aromatic rings. The normalized spacial score (nSPS) is 12.8. The molecule has 0 heterocycles. The van der Waals surface area contributed by atoms with Crippen molar-refractivity contribution < 1.29 is 0 Å². The zero-order valence-electron chi connectivity index (χ0n) is 9.59. The monoisotopic (exact) mass is 277 g/mol. The summed E-state index contributed by atoms with van der Waals surface area (Å²) >= 11 is 13.9. The smallest absolute Gasteiger partial charge is 0.0451 e. The average Bonchev–Trinajstić information content (AvgIpc) is 2.27. The first-order valence-electron chi connectivity index (χ1n) is 5.29. The molecule has 1 aromatic carbocycles. The van der Waals surface area contributed by atoms with Crippen molar-refractivity contribution in [2.75, 3.05) is 12.0 Å². The molecule has 1 atom stereocenters. The van der Waals surface area contributed by atoms with Gasteiger partial charge in [-0.25, -0.2) is 0 Å². The largest absolute Gasteiger partial charge is 0.310 e. The minimum Gasteiger partial charge on any atom is -0.310 e. The predicted molar refractivity (Wildman–Crippen MR) is 75.8 cm³/mol. The summed E-state index contributed by atoms with van der Waals surface area (Å²) in [6, 6.07) is 6.07. The highest BCUT2D eigenvalue weighted by Gasteiger charge is 2.04. The van der Waals surface area contributed by atoms with Crippen LogP contribution in [0, 0.1) is 0 Å². The van der Waals surface area contributed by atoms with Crippen molar-refractivity contribution in [2.45, 2.75) is 25.9 Å². The SMILES string of the molecule is CSCCC(C)NCc1cc(Cl)ccc1Cl. The van der Waals surface area contributed by atoms with E-state index in [1.165, 1.54) is 12.2 Å². The fourth-order valence-corrected chi connectivity index (χ4v) is 2.33. The van der Waals surface area contributed by atoms with Gasteiger partial charge in [0.05, 0.1) is 0 Å². The number of halogens is 2.